The minimum atomic E-state index is -0.00922. The van der Waals surface area contributed by atoms with Gasteiger partial charge >= 0.3 is 0 Å². The topological polar surface area (TPSA) is 54.4 Å². The van der Waals surface area contributed by atoms with Crippen LogP contribution in [0.4, 0.5) is 34.1 Å². The molecule has 0 saturated heterocycles. The van der Waals surface area contributed by atoms with Gasteiger partial charge in [-0.1, -0.05) is 113 Å². The molecule has 6 aromatic carbocycles. The molecular weight excluding hydrogens is 624 g/mol. The van der Waals surface area contributed by atoms with Gasteiger partial charge in [-0.3, -0.25) is 15.0 Å². The summed E-state index contributed by atoms with van der Waals surface area (Å²) in [6, 6.07) is 49.7. The van der Waals surface area contributed by atoms with E-state index in [1.54, 1.807) is 12.4 Å². The number of rotatable bonds is 3. The first-order valence-electron chi connectivity index (χ1n) is 17.3. The van der Waals surface area contributed by atoms with Crippen molar-refractivity contribution >= 4 is 91.4 Å². The van der Waals surface area contributed by atoms with Crippen molar-refractivity contribution in [2.45, 2.75) is 0 Å². The summed E-state index contributed by atoms with van der Waals surface area (Å²) >= 11 is 0. The van der Waals surface area contributed by atoms with Crippen LogP contribution in [0, 0.1) is 0 Å². The fourth-order valence-electron chi connectivity index (χ4n) is 8.58. The van der Waals surface area contributed by atoms with E-state index in [-0.39, 0.29) is 13.4 Å². The summed E-state index contributed by atoms with van der Waals surface area (Å²) in [5.74, 6) is 1.57. The van der Waals surface area contributed by atoms with E-state index < -0.39 is 0 Å². The van der Waals surface area contributed by atoms with Gasteiger partial charge in [0.25, 0.3) is 0 Å². The normalized spacial score (nSPS) is 13.5. The smallest absolute Gasteiger partial charge is 0.245 e. The van der Waals surface area contributed by atoms with Crippen LogP contribution in [0.5, 0.6) is 11.5 Å². The monoisotopic (exact) mass is 651 g/mol. The van der Waals surface area contributed by atoms with Gasteiger partial charge in [0.1, 0.15) is 5.52 Å². The Labute approximate surface area is 295 Å². The fraction of sp³-hybridized carbons (Fsp3) is 0. The van der Waals surface area contributed by atoms with Gasteiger partial charge in [0.2, 0.25) is 13.4 Å². The van der Waals surface area contributed by atoms with Gasteiger partial charge in [-0.2, -0.15) is 0 Å². The first-order chi connectivity index (χ1) is 25.3. The van der Waals surface area contributed by atoms with Crippen LogP contribution in [-0.4, -0.2) is 28.4 Å². The molecule has 8 aromatic rings. The average Bonchev–Trinajstić information content (AvgIpc) is 3.20. The van der Waals surface area contributed by atoms with Gasteiger partial charge in [-0.15, -0.1) is 0 Å². The van der Waals surface area contributed by atoms with Gasteiger partial charge in [0.05, 0.1) is 40.2 Å². The number of hydrogen-bond acceptors (Lipinski definition) is 6. The summed E-state index contributed by atoms with van der Waals surface area (Å²) in [6.45, 7) is -0.0109. The van der Waals surface area contributed by atoms with Crippen LogP contribution >= 0.6 is 0 Å². The molecule has 0 aliphatic carbocycles. The third kappa shape index (κ3) is 4.04. The Kier molecular flexibility index (Phi) is 6.04. The van der Waals surface area contributed by atoms with E-state index in [4.69, 9.17) is 9.72 Å². The highest BCUT2D eigenvalue weighted by Gasteiger charge is 2.48. The lowest BCUT2D eigenvalue weighted by molar-refractivity contribution is 0.478. The lowest BCUT2D eigenvalue weighted by Crippen LogP contribution is -2.76. The van der Waals surface area contributed by atoms with Crippen molar-refractivity contribution in [1.29, 1.82) is 0 Å². The Morgan fingerprint density at radius 3 is 2.08 bits per heavy atom. The largest absolute Gasteiger partial charge is 0.451 e. The second-order valence-electron chi connectivity index (χ2n) is 13.2. The van der Waals surface area contributed by atoms with E-state index in [1.807, 2.05) is 30.6 Å². The average molecular weight is 651 g/mol. The zero-order chi connectivity index (χ0) is 33.5. The molecule has 0 spiro atoms. The molecule has 6 nitrogen and oxygen atoms in total. The van der Waals surface area contributed by atoms with Crippen LogP contribution < -0.4 is 47.3 Å². The third-order valence-corrected chi connectivity index (χ3v) is 10.6. The summed E-state index contributed by atoms with van der Waals surface area (Å²) in [5.41, 5.74) is 15.3. The van der Waals surface area contributed by atoms with Crippen molar-refractivity contribution in [3.8, 4) is 11.5 Å². The number of pyridine rings is 1. The molecule has 0 unspecified atom stereocenters. The zero-order valence-corrected chi connectivity index (χ0v) is 27.4. The highest BCUT2D eigenvalue weighted by molar-refractivity contribution is 7.12. The molecule has 0 atom stereocenters. The van der Waals surface area contributed by atoms with E-state index >= 15 is 0 Å². The molecule has 5 heterocycles. The number of anilines is 6. The summed E-state index contributed by atoms with van der Waals surface area (Å²) in [5, 5.41) is 0. The lowest BCUT2D eigenvalue weighted by atomic mass is 9.20. The van der Waals surface area contributed by atoms with Crippen molar-refractivity contribution < 1.29 is 4.74 Å². The van der Waals surface area contributed by atoms with Crippen molar-refractivity contribution in [3.63, 3.8) is 0 Å². The SMILES string of the molecule is c1ccc(B2c3ccccc3B3c4ccccc4N(c4cccnc4)c4c5c(cc2c43)N(c2cccc3nccnc23)c2ccccc2O5)cc1. The van der Waals surface area contributed by atoms with Crippen LogP contribution in [0.3, 0.4) is 0 Å². The fourth-order valence-corrected chi connectivity index (χ4v) is 8.58. The van der Waals surface area contributed by atoms with Crippen LogP contribution in [0.1, 0.15) is 0 Å². The number of hydrogen-bond donors (Lipinski definition) is 0. The third-order valence-electron chi connectivity index (χ3n) is 10.6. The van der Waals surface area contributed by atoms with Crippen molar-refractivity contribution in [3.05, 3.63) is 164 Å². The van der Waals surface area contributed by atoms with Gasteiger partial charge in [0, 0.05) is 24.3 Å². The Balaban J connectivity index is 1.32. The van der Waals surface area contributed by atoms with Crippen LogP contribution in [0.15, 0.2) is 164 Å². The molecule has 0 N–H and O–H groups in total. The number of aromatic nitrogens is 3. The molecule has 0 amide bonds. The molecule has 8 heteroatoms. The number of nitrogens with zero attached hydrogens (tertiary/aromatic N) is 5. The minimum absolute atomic E-state index is 0.00164. The number of ether oxygens (including phenoxy) is 1. The molecule has 0 fully saturated rings. The molecule has 11 rings (SSSR count). The quantitative estimate of drug-likeness (QED) is 0.228. The Morgan fingerprint density at radius 1 is 0.510 bits per heavy atom. The highest BCUT2D eigenvalue weighted by atomic mass is 16.5. The predicted octanol–water partition coefficient (Wildman–Crippen LogP) is 5.73. The van der Waals surface area contributed by atoms with Gasteiger partial charge in [0.15, 0.2) is 11.5 Å². The maximum atomic E-state index is 7.17. The Bertz CT molecular complexity index is 2660. The summed E-state index contributed by atoms with van der Waals surface area (Å²) in [6.07, 6.45) is 7.29. The maximum absolute atomic E-state index is 7.17. The molecule has 0 bridgehead atoms. The molecule has 2 aromatic heterocycles. The van der Waals surface area contributed by atoms with E-state index in [0.717, 1.165) is 56.7 Å². The van der Waals surface area contributed by atoms with Crippen molar-refractivity contribution in [1.82, 2.24) is 15.0 Å². The molecule has 0 saturated carbocycles. The first-order valence-corrected chi connectivity index (χ1v) is 17.3. The Morgan fingerprint density at radius 2 is 1.24 bits per heavy atom. The molecule has 51 heavy (non-hydrogen) atoms. The van der Waals surface area contributed by atoms with E-state index in [0.29, 0.717) is 0 Å². The summed E-state index contributed by atoms with van der Waals surface area (Å²) < 4.78 is 7.17. The van der Waals surface area contributed by atoms with E-state index in [2.05, 4.69) is 141 Å². The van der Waals surface area contributed by atoms with Gasteiger partial charge in [-0.25, -0.2) is 0 Å². The number of para-hydroxylation sites is 4. The second kappa shape index (κ2) is 10.9. The highest BCUT2D eigenvalue weighted by Crippen LogP contribution is 2.56. The van der Waals surface area contributed by atoms with Gasteiger partial charge in [-0.05, 0) is 59.5 Å². The van der Waals surface area contributed by atoms with Crippen molar-refractivity contribution in [2.75, 3.05) is 9.80 Å². The van der Waals surface area contributed by atoms with E-state index in [9.17, 15) is 0 Å². The molecule has 3 aliphatic heterocycles. The maximum Gasteiger partial charge on any atom is 0.245 e. The van der Waals surface area contributed by atoms with Crippen LogP contribution in [-0.2, 0) is 0 Å². The molecule has 3 aliphatic rings. The van der Waals surface area contributed by atoms with Crippen LogP contribution in [0.25, 0.3) is 11.0 Å². The Hall–Kier alpha value is -6.66. The van der Waals surface area contributed by atoms with Crippen LogP contribution in [0.2, 0.25) is 0 Å². The summed E-state index contributed by atoms with van der Waals surface area (Å²) in [4.78, 5) is 18.9. The van der Waals surface area contributed by atoms with Crippen molar-refractivity contribution in [2.24, 2.45) is 0 Å². The molecular formula is C43H27B2N5O. The number of fused-ring (bicyclic) bond motifs is 8. The standard InChI is InChI=1S/C43H27B2N5O/c1-2-12-28(13-3-1)44-30-15-4-5-16-31(30)45-32-17-6-7-19-35(32)49(29-14-11-23-46-27-29)42-40(45)33(44)26-38-43(42)51-39-22-9-8-20-36(39)50(38)37-21-10-18-34-41(37)48-25-24-47-34/h1-27H. The number of benzene rings is 6. The van der Waals surface area contributed by atoms with Gasteiger partial charge < -0.3 is 14.5 Å². The van der Waals surface area contributed by atoms with E-state index in [1.165, 1.54) is 32.8 Å². The molecule has 0 radical (unpaired) electrons. The lowest BCUT2D eigenvalue weighted by Gasteiger charge is -2.45. The first kappa shape index (κ1) is 28.2. The second-order valence-corrected chi connectivity index (χ2v) is 13.2. The summed E-state index contributed by atoms with van der Waals surface area (Å²) in [7, 11) is 0. The predicted molar refractivity (Wildman–Crippen MR) is 209 cm³/mol. The molecule has 236 valence electrons. The minimum Gasteiger partial charge on any atom is -0.451 e. The zero-order valence-electron chi connectivity index (χ0n) is 27.4.